The number of hydrogen-bond acceptors (Lipinski definition) is 5. The molecule has 4 aromatic heterocycles. The lowest BCUT2D eigenvalue weighted by atomic mass is 10.2. The summed E-state index contributed by atoms with van der Waals surface area (Å²) in [5, 5.41) is 6.69. The number of fused-ring (bicyclic) bond motifs is 1. The fourth-order valence-corrected chi connectivity index (χ4v) is 3.67. The van der Waals surface area contributed by atoms with E-state index in [0.717, 1.165) is 41.6 Å². The van der Waals surface area contributed by atoms with E-state index in [4.69, 9.17) is 4.74 Å². The van der Waals surface area contributed by atoms with E-state index in [1.54, 1.807) is 18.4 Å². The minimum Gasteiger partial charge on any atom is -0.493 e. The number of pyridine rings is 1. The summed E-state index contributed by atoms with van der Waals surface area (Å²) in [4.78, 5) is 10.4. The number of ether oxygens (including phenoxy) is 1. The number of hydrogen-bond donors (Lipinski definition) is 0. The minimum absolute atomic E-state index is 0.741. The van der Waals surface area contributed by atoms with Crippen LogP contribution in [0.4, 0.5) is 0 Å². The molecule has 0 fully saturated rings. The van der Waals surface area contributed by atoms with Crippen LogP contribution in [0.25, 0.3) is 16.3 Å². The summed E-state index contributed by atoms with van der Waals surface area (Å²) in [5.74, 6) is 2.56. The maximum Gasteiger partial charge on any atom is 0.198 e. The molecule has 0 bridgehead atoms. The van der Waals surface area contributed by atoms with E-state index in [9.17, 15) is 0 Å². The molecule has 0 aliphatic rings. The Kier molecular flexibility index (Phi) is 4.01. The summed E-state index contributed by atoms with van der Waals surface area (Å²) in [6.45, 7) is 2.01. The normalized spacial score (nSPS) is 11.3. The number of nitrogens with zero attached hydrogens (tertiary/aromatic N) is 5. The molecule has 0 amide bonds. The van der Waals surface area contributed by atoms with Gasteiger partial charge in [0.1, 0.15) is 5.82 Å². The smallest absolute Gasteiger partial charge is 0.198 e. The van der Waals surface area contributed by atoms with E-state index >= 15 is 0 Å². The monoisotopic (exact) mass is 353 g/mol. The highest BCUT2D eigenvalue weighted by atomic mass is 32.1. The van der Waals surface area contributed by atoms with Crippen LogP contribution in [-0.4, -0.2) is 31.3 Å². The Hall–Kier alpha value is -2.67. The first-order valence-electron chi connectivity index (χ1n) is 8.11. The van der Waals surface area contributed by atoms with Crippen LogP contribution in [0.15, 0.2) is 35.8 Å². The van der Waals surface area contributed by atoms with Gasteiger partial charge in [0.25, 0.3) is 0 Å². The maximum atomic E-state index is 5.39. The van der Waals surface area contributed by atoms with Crippen molar-refractivity contribution in [2.75, 3.05) is 7.11 Å². The molecule has 128 valence electrons. The number of rotatable bonds is 5. The lowest BCUT2D eigenvalue weighted by Gasteiger charge is -2.03. The Labute approximate surface area is 149 Å². The molecule has 0 spiro atoms. The van der Waals surface area contributed by atoms with E-state index in [1.807, 2.05) is 35.8 Å². The molecule has 25 heavy (non-hydrogen) atoms. The van der Waals surface area contributed by atoms with Crippen molar-refractivity contribution in [3.8, 4) is 16.5 Å². The van der Waals surface area contributed by atoms with Gasteiger partial charge in [0.05, 0.1) is 12.0 Å². The quantitative estimate of drug-likeness (QED) is 0.552. The van der Waals surface area contributed by atoms with Crippen LogP contribution in [0.1, 0.15) is 17.2 Å². The van der Waals surface area contributed by atoms with Crippen LogP contribution in [0.2, 0.25) is 0 Å². The molecule has 4 rings (SSSR count). The molecule has 0 atom stereocenters. The van der Waals surface area contributed by atoms with Crippen molar-refractivity contribution < 1.29 is 4.74 Å². The summed E-state index contributed by atoms with van der Waals surface area (Å²) in [6, 6.07) is 8.05. The van der Waals surface area contributed by atoms with Crippen LogP contribution in [0.3, 0.4) is 0 Å². The predicted molar refractivity (Wildman–Crippen MR) is 98.2 cm³/mol. The number of aryl methyl sites for hydroxylation is 3. The van der Waals surface area contributed by atoms with Gasteiger partial charge in [-0.15, -0.1) is 11.3 Å². The van der Waals surface area contributed by atoms with E-state index < -0.39 is 0 Å². The zero-order valence-corrected chi connectivity index (χ0v) is 15.2. The highest BCUT2D eigenvalue weighted by molar-refractivity contribution is 7.13. The Balaban J connectivity index is 1.58. The van der Waals surface area contributed by atoms with E-state index in [-0.39, 0.29) is 0 Å². The number of methoxy groups -OCH3 is 1. The van der Waals surface area contributed by atoms with E-state index in [1.165, 1.54) is 10.6 Å². The molecule has 7 heteroatoms. The first-order valence-corrected chi connectivity index (χ1v) is 8.99. The topological polar surface area (TPSA) is 57.2 Å². The molecular weight excluding hydrogens is 334 g/mol. The summed E-state index contributed by atoms with van der Waals surface area (Å²) in [7, 11) is 3.71. The molecule has 6 nitrogen and oxygen atoms in total. The lowest BCUT2D eigenvalue weighted by molar-refractivity contribution is 0.416. The third-order valence-corrected chi connectivity index (χ3v) is 5.20. The summed E-state index contributed by atoms with van der Waals surface area (Å²) in [5.41, 5.74) is 2.97. The zero-order valence-electron chi connectivity index (χ0n) is 14.4. The molecule has 0 saturated carbocycles. The van der Waals surface area contributed by atoms with Crippen molar-refractivity contribution in [2.24, 2.45) is 7.05 Å². The summed E-state index contributed by atoms with van der Waals surface area (Å²) in [6.07, 6.45) is 3.54. The molecule has 0 aliphatic heterocycles. The van der Waals surface area contributed by atoms with Gasteiger partial charge >= 0.3 is 0 Å². The maximum absolute atomic E-state index is 5.39. The predicted octanol–water partition coefficient (Wildman–Crippen LogP) is 3.29. The lowest BCUT2D eigenvalue weighted by Crippen LogP contribution is -2.01. The SMILES string of the molecule is COc1ccc(C)n2nc(CCc3cnc(-c4cccs4)n3C)nc12. The Bertz CT molecular complexity index is 1020. The number of imidazole rings is 1. The first kappa shape index (κ1) is 15.8. The molecule has 0 N–H and O–H groups in total. The van der Waals surface area contributed by atoms with E-state index in [0.29, 0.717) is 0 Å². The first-order chi connectivity index (χ1) is 12.2. The molecular formula is C18H19N5OS. The van der Waals surface area contributed by atoms with Crippen molar-refractivity contribution in [1.29, 1.82) is 0 Å². The summed E-state index contributed by atoms with van der Waals surface area (Å²) < 4.78 is 9.37. The largest absolute Gasteiger partial charge is 0.493 e. The molecule has 0 aliphatic carbocycles. The van der Waals surface area contributed by atoms with E-state index in [2.05, 4.69) is 38.1 Å². The molecule has 4 heterocycles. The number of aromatic nitrogens is 5. The van der Waals surface area contributed by atoms with Crippen molar-refractivity contribution in [3.05, 3.63) is 53.1 Å². The summed E-state index contributed by atoms with van der Waals surface area (Å²) >= 11 is 1.70. The third kappa shape index (κ3) is 2.80. The second kappa shape index (κ2) is 6.33. The number of thiophene rings is 1. The van der Waals surface area contributed by atoms with Gasteiger partial charge < -0.3 is 9.30 Å². The average Bonchev–Trinajstić information content (AvgIpc) is 3.33. The van der Waals surface area contributed by atoms with Crippen molar-refractivity contribution >= 4 is 17.0 Å². The van der Waals surface area contributed by atoms with Crippen LogP contribution < -0.4 is 4.74 Å². The Morgan fingerprint density at radius 2 is 2.08 bits per heavy atom. The standard InChI is InChI=1S/C18H19N5OS/c1-12-6-8-14(24-3)17-20-16(21-23(12)17)9-7-13-11-19-18(22(13)2)15-5-4-10-25-15/h4-6,8,10-11H,7,9H2,1-3H3. The fraction of sp³-hybridized carbons (Fsp3) is 0.278. The van der Waals surface area contributed by atoms with Gasteiger partial charge in [-0.2, -0.15) is 5.10 Å². The van der Waals surface area contributed by atoms with Crippen LogP contribution >= 0.6 is 11.3 Å². The Morgan fingerprint density at radius 3 is 2.84 bits per heavy atom. The zero-order chi connectivity index (χ0) is 17.4. The fourth-order valence-electron chi connectivity index (χ4n) is 2.92. The molecule has 0 radical (unpaired) electrons. The van der Waals surface area contributed by atoms with Gasteiger partial charge in [0.2, 0.25) is 0 Å². The van der Waals surface area contributed by atoms with Gasteiger partial charge in [-0.05, 0) is 36.9 Å². The Morgan fingerprint density at radius 1 is 1.20 bits per heavy atom. The minimum atomic E-state index is 0.741. The van der Waals surface area contributed by atoms with Gasteiger partial charge in [0, 0.05) is 31.1 Å². The van der Waals surface area contributed by atoms with Crippen molar-refractivity contribution in [3.63, 3.8) is 0 Å². The van der Waals surface area contributed by atoms with Crippen LogP contribution in [0.5, 0.6) is 5.75 Å². The highest BCUT2D eigenvalue weighted by Crippen LogP contribution is 2.24. The van der Waals surface area contributed by atoms with Crippen molar-refractivity contribution in [2.45, 2.75) is 19.8 Å². The second-order valence-corrected chi connectivity index (χ2v) is 6.86. The molecule has 0 unspecified atom stereocenters. The van der Waals surface area contributed by atoms with Crippen molar-refractivity contribution in [1.82, 2.24) is 24.1 Å². The van der Waals surface area contributed by atoms with Crippen LogP contribution in [0, 0.1) is 6.92 Å². The molecule has 4 aromatic rings. The van der Waals surface area contributed by atoms with Crippen LogP contribution in [-0.2, 0) is 19.9 Å². The molecule has 0 saturated heterocycles. The van der Waals surface area contributed by atoms with Gasteiger partial charge in [-0.3, -0.25) is 0 Å². The van der Waals surface area contributed by atoms with Gasteiger partial charge in [-0.25, -0.2) is 14.5 Å². The molecule has 0 aromatic carbocycles. The third-order valence-electron chi connectivity index (χ3n) is 4.33. The average molecular weight is 353 g/mol. The highest BCUT2D eigenvalue weighted by Gasteiger charge is 2.13. The van der Waals surface area contributed by atoms with Gasteiger partial charge in [-0.1, -0.05) is 6.07 Å². The van der Waals surface area contributed by atoms with Gasteiger partial charge in [0.15, 0.2) is 17.2 Å². The second-order valence-electron chi connectivity index (χ2n) is 5.92.